The molecule has 4 N–H and O–H groups in total. The molecular formula is C22H28N4O6S2. The van der Waals surface area contributed by atoms with Crippen molar-refractivity contribution < 1.29 is 29.3 Å². The first kappa shape index (κ1) is 26.1. The lowest BCUT2D eigenvalue weighted by atomic mass is 10.1. The van der Waals surface area contributed by atoms with Crippen molar-refractivity contribution in [3.8, 4) is 5.75 Å². The van der Waals surface area contributed by atoms with Crippen LogP contribution < -0.4 is 15.4 Å². The zero-order valence-electron chi connectivity index (χ0n) is 18.7. The Hall–Kier alpha value is -2.54. The lowest BCUT2D eigenvalue weighted by Gasteiger charge is -2.27. The number of aliphatic hydroxyl groups excluding tert-OH is 2. The highest BCUT2D eigenvalue weighted by atomic mass is 32.2. The lowest BCUT2D eigenvalue weighted by Crippen LogP contribution is -2.58. The summed E-state index contributed by atoms with van der Waals surface area (Å²) >= 11 is 2.90. The van der Waals surface area contributed by atoms with Crippen LogP contribution in [-0.2, 0) is 14.4 Å². The van der Waals surface area contributed by atoms with Crippen molar-refractivity contribution in [2.75, 3.05) is 43.4 Å². The highest BCUT2D eigenvalue weighted by molar-refractivity contribution is 7.99. The molecule has 0 saturated carbocycles. The number of carbonyl (C=O) groups is 3. The molecule has 3 rings (SSSR count). The first-order valence-electron chi connectivity index (χ1n) is 10.6. The third kappa shape index (κ3) is 6.75. The standard InChI is InChI=1S/C22H28N4O6S2/c1-33-12-17(21(30)25-16(10-27)20(29)22(31)26-7-8-34-13-26)24-19(28)11-32-18-4-2-3-14-9-23-6-5-15(14)18/h2-6,9,16-17,20,27,29H,7-8,10-13H2,1H3,(H,24,28)(H,25,30)/t16-,17?,20-/m0/s1. The van der Waals surface area contributed by atoms with Crippen LogP contribution in [-0.4, -0.2) is 99.4 Å². The quantitative estimate of drug-likeness (QED) is 0.326. The molecule has 10 nitrogen and oxygen atoms in total. The van der Waals surface area contributed by atoms with Crippen molar-refractivity contribution in [1.29, 1.82) is 0 Å². The normalized spacial score (nSPS) is 16.0. The molecule has 2 aromatic rings. The van der Waals surface area contributed by atoms with E-state index in [-0.39, 0.29) is 12.4 Å². The number of aromatic nitrogens is 1. The van der Waals surface area contributed by atoms with Gasteiger partial charge in [-0.3, -0.25) is 19.4 Å². The van der Waals surface area contributed by atoms with Gasteiger partial charge in [0.1, 0.15) is 11.8 Å². The summed E-state index contributed by atoms with van der Waals surface area (Å²) in [6.45, 7) is -0.430. The summed E-state index contributed by atoms with van der Waals surface area (Å²) in [5, 5.41) is 26.8. The zero-order chi connectivity index (χ0) is 24.5. The van der Waals surface area contributed by atoms with Crippen LogP contribution >= 0.6 is 23.5 Å². The third-order valence-electron chi connectivity index (χ3n) is 5.21. The first-order chi connectivity index (χ1) is 16.4. The Kier molecular flexibility index (Phi) is 9.81. The number of aliphatic hydroxyl groups is 2. The van der Waals surface area contributed by atoms with Crippen molar-refractivity contribution in [2.24, 2.45) is 0 Å². The maximum Gasteiger partial charge on any atom is 0.258 e. The van der Waals surface area contributed by atoms with E-state index in [1.54, 1.807) is 48.6 Å². The smallest absolute Gasteiger partial charge is 0.258 e. The second-order valence-electron chi connectivity index (χ2n) is 7.60. The van der Waals surface area contributed by atoms with Gasteiger partial charge in [-0.15, -0.1) is 11.8 Å². The topological polar surface area (TPSA) is 141 Å². The Morgan fingerprint density at radius 2 is 2.12 bits per heavy atom. The average Bonchev–Trinajstić information content (AvgIpc) is 3.39. The van der Waals surface area contributed by atoms with Gasteiger partial charge in [0.05, 0.1) is 18.5 Å². The number of pyridine rings is 1. The molecule has 0 bridgehead atoms. The van der Waals surface area contributed by atoms with E-state index in [2.05, 4.69) is 15.6 Å². The van der Waals surface area contributed by atoms with Gasteiger partial charge in [-0.25, -0.2) is 0 Å². The fraction of sp³-hybridized carbons (Fsp3) is 0.455. The molecule has 1 fully saturated rings. The Bertz CT molecular complexity index is 999. The number of thioether (sulfide) groups is 2. The molecule has 1 saturated heterocycles. The largest absolute Gasteiger partial charge is 0.483 e. The second kappa shape index (κ2) is 12.8. The van der Waals surface area contributed by atoms with Gasteiger partial charge in [0.15, 0.2) is 12.7 Å². The molecule has 3 amide bonds. The molecule has 1 aliphatic rings. The van der Waals surface area contributed by atoms with Crippen molar-refractivity contribution in [3.63, 3.8) is 0 Å². The van der Waals surface area contributed by atoms with E-state index in [1.807, 2.05) is 6.07 Å². The summed E-state index contributed by atoms with van der Waals surface area (Å²) in [5.74, 6) is 0.334. The number of fused-ring (bicyclic) bond motifs is 1. The van der Waals surface area contributed by atoms with E-state index in [0.717, 1.165) is 16.5 Å². The maximum absolute atomic E-state index is 12.8. The highest BCUT2D eigenvalue weighted by Crippen LogP contribution is 2.24. The van der Waals surface area contributed by atoms with E-state index < -0.39 is 42.5 Å². The first-order valence-corrected chi connectivity index (χ1v) is 13.2. The van der Waals surface area contributed by atoms with Crippen LogP contribution in [0.15, 0.2) is 36.7 Å². The predicted octanol–water partition coefficient (Wildman–Crippen LogP) is -0.168. The number of hydrogen-bond donors (Lipinski definition) is 4. The summed E-state index contributed by atoms with van der Waals surface area (Å²) in [7, 11) is 0. The number of carbonyl (C=O) groups excluding carboxylic acids is 3. The van der Waals surface area contributed by atoms with Crippen LogP contribution in [0, 0.1) is 0 Å². The van der Waals surface area contributed by atoms with E-state index in [4.69, 9.17) is 4.74 Å². The maximum atomic E-state index is 12.8. The molecule has 0 aliphatic carbocycles. The summed E-state index contributed by atoms with van der Waals surface area (Å²) in [6.07, 6.45) is 3.52. The van der Waals surface area contributed by atoms with Gasteiger partial charge in [0.25, 0.3) is 11.8 Å². The number of benzene rings is 1. The van der Waals surface area contributed by atoms with Gasteiger partial charge in [-0.05, 0) is 18.4 Å². The molecular weight excluding hydrogens is 480 g/mol. The van der Waals surface area contributed by atoms with Crippen LogP contribution in [0.4, 0.5) is 0 Å². The highest BCUT2D eigenvalue weighted by Gasteiger charge is 2.33. The lowest BCUT2D eigenvalue weighted by molar-refractivity contribution is -0.142. The zero-order valence-corrected chi connectivity index (χ0v) is 20.3. The third-order valence-corrected chi connectivity index (χ3v) is 6.84. The van der Waals surface area contributed by atoms with Gasteiger partial charge in [0, 0.05) is 41.2 Å². The van der Waals surface area contributed by atoms with E-state index in [0.29, 0.717) is 18.2 Å². The molecule has 1 aliphatic heterocycles. The summed E-state index contributed by atoms with van der Waals surface area (Å²) in [4.78, 5) is 43.3. The average molecular weight is 509 g/mol. The number of ether oxygens (including phenoxy) is 1. The van der Waals surface area contributed by atoms with Crippen LogP contribution in [0.25, 0.3) is 10.8 Å². The minimum absolute atomic E-state index is 0.252. The van der Waals surface area contributed by atoms with Gasteiger partial charge >= 0.3 is 0 Å². The van der Waals surface area contributed by atoms with Crippen LogP contribution in [0.2, 0.25) is 0 Å². The minimum Gasteiger partial charge on any atom is -0.483 e. The van der Waals surface area contributed by atoms with Crippen molar-refractivity contribution in [3.05, 3.63) is 36.7 Å². The SMILES string of the molecule is CSCC(NC(=O)COc1cccc2cnccc12)C(=O)N[C@@H](CO)[C@H](O)C(=O)N1CCSC1. The number of rotatable bonds is 11. The van der Waals surface area contributed by atoms with Gasteiger partial charge in [0.2, 0.25) is 5.91 Å². The van der Waals surface area contributed by atoms with Crippen molar-refractivity contribution in [1.82, 2.24) is 20.5 Å². The summed E-state index contributed by atoms with van der Waals surface area (Å²) < 4.78 is 5.66. The minimum atomic E-state index is -1.58. The number of amides is 3. The number of nitrogens with zero attached hydrogens (tertiary/aromatic N) is 2. The molecule has 184 valence electrons. The Morgan fingerprint density at radius 1 is 1.29 bits per heavy atom. The monoisotopic (exact) mass is 508 g/mol. The van der Waals surface area contributed by atoms with E-state index in [1.165, 1.54) is 16.7 Å². The van der Waals surface area contributed by atoms with Crippen LogP contribution in [0.5, 0.6) is 5.75 Å². The Morgan fingerprint density at radius 3 is 2.82 bits per heavy atom. The Balaban J connectivity index is 1.57. The second-order valence-corrected chi connectivity index (χ2v) is 9.58. The van der Waals surface area contributed by atoms with Crippen molar-refractivity contribution in [2.45, 2.75) is 18.2 Å². The molecule has 34 heavy (non-hydrogen) atoms. The van der Waals surface area contributed by atoms with E-state index >= 15 is 0 Å². The van der Waals surface area contributed by atoms with E-state index in [9.17, 15) is 24.6 Å². The number of nitrogens with one attached hydrogen (secondary N) is 2. The van der Waals surface area contributed by atoms with Crippen LogP contribution in [0.3, 0.4) is 0 Å². The Labute approximate surface area is 205 Å². The summed E-state index contributed by atoms with van der Waals surface area (Å²) in [6, 6.07) is 5.07. The van der Waals surface area contributed by atoms with Gasteiger partial charge in [-0.1, -0.05) is 12.1 Å². The van der Waals surface area contributed by atoms with Gasteiger partial charge < -0.3 is 30.5 Å². The molecule has 1 aromatic carbocycles. The molecule has 12 heteroatoms. The summed E-state index contributed by atoms with van der Waals surface area (Å²) in [5.41, 5.74) is 0. The number of hydrogen-bond acceptors (Lipinski definition) is 9. The molecule has 0 radical (unpaired) electrons. The van der Waals surface area contributed by atoms with Gasteiger partial charge in [-0.2, -0.15) is 11.8 Å². The molecule has 1 aromatic heterocycles. The molecule has 1 unspecified atom stereocenters. The fourth-order valence-electron chi connectivity index (χ4n) is 3.40. The van der Waals surface area contributed by atoms with Crippen LogP contribution in [0.1, 0.15) is 0 Å². The molecule has 0 spiro atoms. The molecule has 2 heterocycles. The van der Waals surface area contributed by atoms with Crippen molar-refractivity contribution >= 4 is 52.0 Å². The fourth-order valence-corrected chi connectivity index (χ4v) is 4.93. The predicted molar refractivity (Wildman–Crippen MR) is 132 cm³/mol. The molecule has 3 atom stereocenters.